The van der Waals surface area contributed by atoms with E-state index in [2.05, 4.69) is 36.3 Å². The summed E-state index contributed by atoms with van der Waals surface area (Å²) < 4.78 is 1.14. The molecule has 2 N–H and O–H groups in total. The lowest BCUT2D eigenvalue weighted by atomic mass is 9.97. The van der Waals surface area contributed by atoms with Gasteiger partial charge in [-0.15, -0.1) is 23.1 Å². The third kappa shape index (κ3) is 2.94. The first-order valence-electron chi connectivity index (χ1n) is 7.69. The predicted octanol–water partition coefficient (Wildman–Crippen LogP) is 3.95. The van der Waals surface area contributed by atoms with Crippen molar-refractivity contribution in [1.82, 2.24) is 15.5 Å². The highest BCUT2D eigenvalue weighted by atomic mass is 32.2. The van der Waals surface area contributed by atoms with Crippen LogP contribution >= 0.6 is 23.1 Å². The van der Waals surface area contributed by atoms with Crippen molar-refractivity contribution in [1.29, 1.82) is 0 Å². The molecule has 2 atom stereocenters. The highest BCUT2D eigenvalue weighted by Crippen LogP contribution is 2.43. The molecule has 0 fully saturated rings. The molecular weight excluding hydrogens is 314 g/mol. The van der Waals surface area contributed by atoms with Crippen LogP contribution in [-0.4, -0.2) is 27.9 Å². The summed E-state index contributed by atoms with van der Waals surface area (Å²) in [4.78, 5) is 13.6. The third-order valence-corrected chi connectivity index (χ3v) is 6.90. The predicted molar refractivity (Wildman–Crippen MR) is 92.7 cm³/mol. The molecule has 118 valence electrons. The Bertz CT molecular complexity index is 663. The van der Waals surface area contributed by atoms with E-state index >= 15 is 0 Å². The zero-order chi connectivity index (χ0) is 15.7. The summed E-state index contributed by atoms with van der Waals surface area (Å²) in [6, 6.07) is 2.16. The second-order valence-electron chi connectivity index (χ2n) is 5.95. The Morgan fingerprint density at radius 1 is 1.55 bits per heavy atom. The number of carbonyl (C=O) groups excluding carboxylic acids is 1. The van der Waals surface area contributed by atoms with Gasteiger partial charge in [0.15, 0.2) is 0 Å². The number of aromatic amines is 1. The van der Waals surface area contributed by atoms with Gasteiger partial charge in [0.2, 0.25) is 0 Å². The van der Waals surface area contributed by atoms with E-state index in [1.807, 2.05) is 17.8 Å². The average Bonchev–Trinajstić information content (AvgIpc) is 3.11. The number of nitrogens with one attached hydrogen (secondary N) is 2. The minimum absolute atomic E-state index is 0.0717. The smallest absolute Gasteiger partial charge is 0.253 e. The summed E-state index contributed by atoms with van der Waals surface area (Å²) in [6.45, 7) is 6.52. The van der Waals surface area contributed by atoms with Crippen LogP contribution in [0, 0.1) is 5.92 Å². The molecule has 4 nitrogen and oxygen atoms in total. The van der Waals surface area contributed by atoms with Crippen LogP contribution in [0.4, 0.5) is 0 Å². The van der Waals surface area contributed by atoms with Crippen molar-refractivity contribution in [3.05, 3.63) is 23.4 Å². The number of aromatic nitrogens is 2. The molecule has 2 aromatic rings. The topological polar surface area (TPSA) is 57.8 Å². The number of hydrogen-bond donors (Lipinski definition) is 2. The number of thioether (sulfide) groups is 1. The van der Waals surface area contributed by atoms with Crippen molar-refractivity contribution >= 4 is 29.0 Å². The molecule has 1 aliphatic rings. The Balaban J connectivity index is 2.00. The highest BCUT2D eigenvalue weighted by molar-refractivity contribution is 8.01. The number of thiophene rings is 1. The van der Waals surface area contributed by atoms with Crippen LogP contribution in [0.25, 0.3) is 10.6 Å². The van der Waals surface area contributed by atoms with Crippen molar-refractivity contribution in [3.63, 3.8) is 0 Å². The molecule has 0 aromatic carbocycles. The molecule has 2 aromatic heterocycles. The maximum absolute atomic E-state index is 12.5. The van der Waals surface area contributed by atoms with Crippen molar-refractivity contribution < 1.29 is 4.79 Å². The van der Waals surface area contributed by atoms with Gasteiger partial charge in [0.1, 0.15) is 0 Å². The van der Waals surface area contributed by atoms with E-state index in [0.29, 0.717) is 5.92 Å². The Morgan fingerprint density at radius 2 is 2.36 bits per heavy atom. The molecule has 6 heteroatoms. The number of carbonyl (C=O) groups is 1. The van der Waals surface area contributed by atoms with Crippen LogP contribution in [0.15, 0.2) is 16.5 Å². The van der Waals surface area contributed by atoms with E-state index < -0.39 is 0 Å². The van der Waals surface area contributed by atoms with E-state index in [1.165, 1.54) is 10.4 Å². The van der Waals surface area contributed by atoms with Crippen molar-refractivity contribution in [3.8, 4) is 10.6 Å². The zero-order valence-electron chi connectivity index (χ0n) is 13.1. The van der Waals surface area contributed by atoms with Gasteiger partial charge in [-0.25, -0.2) is 0 Å². The Labute approximate surface area is 139 Å². The van der Waals surface area contributed by atoms with Gasteiger partial charge in [0.25, 0.3) is 5.91 Å². The quantitative estimate of drug-likeness (QED) is 0.813. The molecule has 0 radical (unpaired) electrons. The maximum atomic E-state index is 12.5. The molecule has 1 amide bonds. The monoisotopic (exact) mass is 335 g/mol. The van der Waals surface area contributed by atoms with Crippen molar-refractivity contribution in [2.75, 3.05) is 5.75 Å². The average molecular weight is 335 g/mol. The number of fused-ring (bicyclic) bond motifs is 1. The Morgan fingerprint density at radius 3 is 3.05 bits per heavy atom. The second-order valence-corrected chi connectivity index (χ2v) is 8.25. The molecule has 0 aliphatic carbocycles. The molecule has 3 heterocycles. The van der Waals surface area contributed by atoms with Gasteiger partial charge in [-0.05, 0) is 30.9 Å². The van der Waals surface area contributed by atoms with Gasteiger partial charge in [0.05, 0.1) is 20.3 Å². The standard InChI is InChI=1S/C16H21N3OS2/c1-4-9(2)8-21-16-13-11(7-10(3)18-15(13)20)14(22-16)12-5-6-17-19-12/h5-6,9-10H,4,7-8H2,1-3H3,(H,17,19)(H,18,20)/t9?,10-/m1/s1. The Hall–Kier alpha value is -1.27. The first-order chi connectivity index (χ1) is 10.6. The first-order valence-corrected chi connectivity index (χ1v) is 9.49. The van der Waals surface area contributed by atoms with Gasteiger partial charge in [0, 0.05) is 18.0 Å². The molecule has 0 saturated heterocycles. The summed E-state index contributed by atoms with van der Waals surface area (Å²) in [6.07, 6.45) is 3.81. The van der Waals surface area contributed by atoms with Gasteiger partial charge in [-0.1, -0.05) is 20.3 Å². The fourth-order valence-corrected chi connectivity index (χ4v) is 5.31. The van der Waals surface area contributed by atoms with Crippen LogP contribution < -0.4 is 5.32 Å². The lowest BCUT2D eigenvalue weighted by molar-refractivity contribution is 0.0927. The number of amides is 1. The maximum Gasteiger partial charge on any atom is 0.253 e. The number of H-pyrrole nitrogens is 1. The van der Waals surface area contributed by atoms with E-state index in [4.69, 9.17) is 0 Å². The molecule has 0 saturated carbocycles. The van der Waals surface area contributed by atoms with E-state index in [-0.39, 0.29) is 11.9 Å². The molecule has 3 rings (SSSR count). The lowest BCUT2D eigenvalue weighted by Gasteiger charge is -2.21. The van der Waals surface area contributed by atoms with E-state index in [9.17, 15) is 4.79 Å². The van der Waals surface area contributed by atoms with Crippen LogP contribution in [0.2, 0.25) is 0 Å². The van der Waals surface area contributed by atoms with Gasteiger partial charge in [-0.3, -0.25) is 9.89 Å². The molecule has 1 aliphatic heterocycles. The summed E-state index contributed by atoms with van der Waals surface area (Å²) in [5, 5.41) is 10.2. The van der Waals surface area contributed by atoms with E-state index in [0.717, 1.165) is 34.1 Å². The summed E-state index contributed by atoms with van der Waals surface area (Å²) >= 11 is 3.54. The van der Waals surface area contributed by atoms with Gasteiger partial charge >= 0.3 is 0 Å². The minimum Gasteiger partial charge on any atom is -0.349 e. The second kappa shape index (κ2) is 6.46. The molecule has 0 bridgehead atoms. The summed E-state index contributed by atoms with van der Waals surface area (Å²) in [7, 11) is 0. The molecular formula is C16H21N3OS2. The van der Waals surface area contributed by atoms with E-state index in [1.54, 1.807) is 17.5 Å². The zero-order valence-corrected chi connectivity index (χ0v) is 14.7. The highest BCUT2D eigenvalue weighted by Gasteiger charge is 2.30. The van der Waals surface area contributed by atoms with Gasteiger partial charge in [-0.2, -0.15) is 5.10 Å². The molecule has 0 spiro atoms. The number of rotatable bonds is 5. The fraction of sp³-hybridized carbons (Fsp3) is 0.500. The molecule has 22 heavy (non-hydrogen) atoms. The molecule has 1 unspecified atom stereocenters. The summed E-state index contributed by atoms with van der Waals surface area (Å²) in [5.41, 5.74) is 3.08. The van der Waals surface area contributed by atoms with Crippen LogP contribution in [0.3, 0.4) is 0 Å². The Kier molecular flexibility index (Phi) is 4.59. The fourth-order valence-electron chi connectivity index (χ4n) is 2.56. The lowest BCUT2D eigenvalue weighted by Crippen LogP contribution is -2.39. The number of nitrogens with zero attached hydrogens (tertiary/aromatic N) is 1. The summed E-state index contributed by atoms with van der Waals surface area (Å²) in [5.74, 6) is 1.78. The van der Waals surface area contributed by atoms with Crippen LogP contribution in [-0.2, 0) is 6.42 Å². The number of hydrogen-bond acceptors (Lipinski definition) is 4. The first kappa shape index (κ1) is 15.6. The van der Waals surface area contributed by atoms with Gasteiger partial charge < -0.3 is 5.32 Å². The third-order valence-electron chi connectivity index (χ3n) is 4.03. The van der Waals surface area contributed by atoms with Crippen LogP contribution in [0.1, 0.15) is 43.1 Å². The van der Waals surface area contributed by atoms with Crippen LogP contribution in [0.5, 0.6) is 0 Å². The normalized spacial score (nSPS) is 18.9. The SMILES string of the molecule is CCC(C)CSc1sc(-c2ccn[nH]2)c2c1C(=O)N[C@H](C)C2. The van der Waals surface area contributed by atoms with Crippen molar-refractivity contribution in [2.45, 2.75) is 43.9 Å². The minimum atomic E-state index is 0.0717. The largest absolute Gasteiger partial charge is 0.349 e. The van der Waals surface area contributed by atoms with Crippen molar-refractivity contribution in [2.24, 2.45) is 5.92 Å².